The summed E-state index contributed by atoms with van der Waals surface area (Å²) in [5, 5.41) is 0.0407. The molecule has 0 amide bonds. The topological polar surface area (TPSA) is 50.3 Å². The van der Waals surface area contributed by atoms with Crippen LogP contribution < -0.4 is 0 Å². The smallest absolute Gasteiger partial charge is 0.243 e. The molecule has 0 unspecified atom stereocenters. The van der Waals surface area contributed by atoms with Crippen molar-refractivity contribution in [2.24, 2.45) is 5.92 Å². The molecular formula is C12H17ClN2O2S. The van der Waals surface area contributed by atoms with Crippen molar-refractivity contribution in [3.8, 4) is 0 Å². The van der Waals surface area contributed by atoms with Crippen molar-refractivity contribution in [1.82, 2.24) is 9.29 Å². The normalized spacial score (nSPS) is 16.5. The second kappa shape index (κ2) is 5.15. The molecule has 1 aromatic heterocycles. The Bertz CT molecular complexity index is 527. The third kappa shape index (κ3) is 2.84. The van der Waals surface area contributed by atoms with E-state index in [2.05, 4.69) is 4.98 Å². The van der Waals surface area contributed by atoms with Gasteiger partial charge in [0.15, 0.2) is 0 Å². The van der Waals surface area contributed by atoms with Gasteiger partial charge in [0.1, 0.15) is 10.0 Å². The maximum absolute atomic E-state index is 12.6. The minimum atomic E-state index is -3.55. The van der Waals surface area contributed by atoms with Gasteiger partial charge in [-0.05, 0) is 44.7 Å². The van der Waals surface area contributed by atoms with Gasteiger partial charge in [-0.15, -0.1) is 0 Å². The number of nitrogens with zero attached hydrogens (tertiary/aromatic N) is 2. The van der Waals surface area contributed by atoms with Crippen molar-refractivity contribution >= 4 is 21.6 Å². The summed E-state index contributed by atoms with van der Waals surface area (Å²) in [5.41, 5.74) is 0. The Kier molecular flexibility index (Phi) is 3.94. The summed E-state index contributed by atoms with van der Waals surface area (Å²) < 4.78 is 26.6. The van der Waals surface area contributed by atoms with Crippen LogP contribution >= 0.6 is 11.6 Å². The molecule has 1 aliphatic carbocycles. The van der Waals surface area contributed by atoms with Crippen LogP contribution in [0.1, 0.15) is 26.7 Å². The molecular weight excluding hydrogens is 272 g/mol. The molecule has 0 bridgehead atoms. The highest BCUT2D eigenvalue weighted by molar-refractivity contribution is 7.89. The Labute approximate surface area is 113 Å². The molecule has 1 saturated carbocycles. The molecule has 1 fully saturated rings. The van der Waals surface area contributed by atoms with E-state index in [4.69, 9.17) is 11.6 Å². The molecule has 0 spiro atoms. The van der Waals surface area contributed by atoms with Gasteiger partial charge in [-0.25, -0.2) is 13.4 Å². The molecule has 0 N–H and O–H groups in total. The lowest BCUT2D eigenvalue weighted by atomic mass is 10.3. The quantitative estimate of drug-likeness (QED) is 0.783. The summed E-state index contributed by atoms with van der Waals surface area (Å²) in [5.74, 6) is 0.498. The standard InChI is InChI=1S/C12H17ClN2O2S/c1-9(2)15(8-10-5-6-10)18(16,17)11-4-3-7-14-12(11)13/h3-4,7,9-10H,5-6,8H2,1-2H3. The van der Waals surface area contributed by atoms with Crippen LogP contribution in [0.15, 0.2) is 23.2 Å². The number of hydrogen-bond acceptors (Lipinski definition) is 3. The second-order valence-electron chi connectivity index (χ2n) is 4.90. The maximum Gasteiger partial charge on any atom is 0.246 e. The maximum atomic E-state index is 12.6. The van der Waals surface area contributed by atoms with E-state index >= 15 is 0 Å². The van der Waals surface area contributed by atoms with Gasteiger partial charge >= 0.3 is 0 Å². The fraction of sp³-hybridized carbons (Fsp3) is 0.583. The third-order valence-corrected chi connectivity index (χ3v) is 5.51. The Morgan fingerprint density at radius 3 is 2.67 bits per heavy atom. The van der Waals surface area contributed by atoms with Crippen molar-refractivity contribution in [1.29, 1.82) is 0 Å². The van der Waals surface area contributed by atoms with Gasteiger partial charge in [0.05, 0.1) is 0 Å². The van der Waals surface area contributed by atoms with Crippen LogP contribution in [-0.2, 0) is 10.0 Å². The fourth-order valence-electron chi connectivity index (χ4n) is 1.83. The zero-order chi connectivity index (χ0) is 13.3. The summed E-state index contributed by atoms with van der Waals surface area (Å²) in [4.78, 5) is 3.94. The van der Waals surface area contributed by atoms with Gasteiger partial charge in [0.2, 0.25) is 10.0 Å². The molecule has 1 aliphatic rings. The van der Waals surface area contributed by atoms with Crippen LogP contribution in [0.4, 0.5) is 0 Å². The molecule has 2 rings (SSSR count). The molecule has 0 aliphatic heterocycles. The monoisotopic (exact) mass is 288 g/mol. The first kappa shape index (κ1) is 13.8. The predicted octanol–water partition coefficient (Wildman–Crippen LogP) is 2.54. The van der Waals surface area contributed by atoms with Crippen molar-refractivity contribution in [3.63, 3.8) is 0 Å². The molecule has 18 heavy (non-hydrogen) atoms. The van der Waals surface area contributed by atoms with Crippen molar-refractivity contribution in [2.75, 3.05) is 6.54 Å². The van der Waals surface area contributed by atoms with E-state index in [0.717, 1.165) is 12.8 Å². The summed E-state index contributed by atoms with van der Waals surface area (Å²) in [6.45, 7) is 4.33. The summed E-state index contributed by atoms with van der Waals surface area (Å²) in [7, 11) is -3.55. The molecule has 1 heterocycles. The highest BCUT2D eigenvalue weighted by atomic mass is 35.5. The van der Waals surface area contributed by atoms with Crippen LogP contribution in [0.25, 0.3) is 0 Å². The van der Waals surface area contributed by atoms with E-state index in [9.17, 15) is 8.42 Å². The van der Waals surface area contributed by atoms with E-state index in [1.54, 1.807) is 6.07 Å². The largest absolute Gasteiger partial charge is 0.246 e. The minimum absolute atomic E-state index is 0.0407. The van der Waals surface area contributed by atoms with E-state index in [1.165, 1.54) is 16.6 Å². The molecule has 6 heteroatoms. The van der Waals surface area contributed by atoms with Gasteiger partial charge in [-0.1, -0.05) is 11.6 Å². The van der Waals surface area contributed by atoms with Crippen molar-refractivity contribution in [2.45, 2.75) is 37.6 Å². The summed E-state index contributed by atoms with van der Waals surface area (Å²) in [6.07, 6.45) is 3.71. The SMILES string of the molecule is CC(C)N(CC1CC1)S(=O)(=O)c1cccnc1Cl. The lowest BCUT2D eigenvalue weighted by molar-refractivity contribution is 0.341. The lowest BCUT2D eigenvalue weighted by Crippen LogP contribution is -2.38. The zero-order valence-corrected chi connectivity index (χ0v) is 12.1. The Morgan fingerprint density at radius 2 is 2.17 bits per heavy atom. The second-order valence-corrected chi connectivity index (χ2v) is 7.12. The predicted molar refractivity (Wildman–Crippen MR) is 71.0 cm³/mol. The van der Waals surface area contributed by atoms with Crippen LogP contribution in [0.2, 0.25) is 5.15 Å². The number of aromatic nitrogens is 1. The van der Waals surface area contributed by atoms with Crippen LogP contribution in [0.3, 0.4) is 0 Å². The minimum Gasteiger partial charge on any atom is -0.243 e. The average Bonchev–Trinajstić information content (AvgIpc) is 3.09. The first-order chi connectivity index (χ1) is 8.43. The summed E-state index contributed by atoms with van der Waals surface area (Å²) in [6, 6.07) is 3.02. The molecule has 0 aromatic carbocycles. The van der Waals surface area contributed by atoms with Gasteiger partial charge in [-0.2, -0.15) is 4.31 Å². The van der Waals surface area contributed by atoms with E-state index < -0.39 is 10.0 Å². The van der Waals surface area contributed by atoms with Gasteiger partial charge in [0.25, 0.3) is 0 Å². The molecule has 0 radical (unpaired) electrons. The molecule has 0 saturated heterocycles. The Balaban J connectivity index is 2.35. The highest BCUT2D eigenvalue weighted by Crippen LogP contribution is 2.33. The third-order valence-electron chi connectivity index (χ3n) is 3.02. The number of rotatable bonds is 5. The molecule has 0 atom stereocenters. The lowest BCUT2D eigenvalue weighted by Gasteiger charge is -2.26. The van der Waals surface area contributed by atoms with E-state index in [1.807, 2.05) is 13.8 Å². The fourth-order valence-corrected chi connectivity index (χ4v) is 3.97. The Morgan fingerprint density at radius 1 is 1.50 bits per heavy atom. The van der Waals surface area contributed by atoms with E-state index in [-0.39, 0.29) is 16.1 Å². The van der Waals surface area contributed by atoms with Gasteiger partial charge in [0, 0.05) is 18.8 Å². The number of hydrogen-bond donors (Lipinski definition) is 0. The van der Waals surface area contributed by atoms with Gasteiger partial charge in [-0.3, -0.25) is 0 Å². The molecule has 1 aromatic rings. The van der Waals surface area contributed by atoms with Crippen LogP contribution in [-0.4, -0.2) is 30.3 Å². The van der Waals surface area contributed by atoms with Crippen LogP contribution in [0.5, 0.6) is 0 Å². The highest BCUT2D eigenvalue weighted by Gasteiger charge is 2.34. The Hall–Kier alpha value is -0.650. The van der Waals surface area contributed by atoms with Gasteiger partial charge < -0.3 is 0 Å². The number of pyridine rings is 1. The van der Waals surface area contributed by atoms with Crippen LogP contribution in [0, 0.1) is 5.92 Å². The first-order valence-corrected chi connectivity index (χ1v) is 7.87. The molecule has 100 valence electrons. The first-order valence-electron chi connectivity index (χ1n) is 6.05. The number of sulfonamides is 1. The van der Waals surface area contributed by atoms with E-state index in [0.29, 0.717) is 12.5 Å². The van der Waals surface area contributed by atoms with Crippen molar-refractivity contribution < 1.29 is 8.42 Å². The molecule has 4 nitrogen and oxygen atoms in total. The summed E-state index contributed by atoms with van der Waals surface area (Å²) >= 11 is 5.89. The average molecular weight is 289 g/mol. The zero-order valence-electron chi connectivity index (χ0n) is 10.5. The van der Waals surface area contributed by atoms with Crippen molar-refractivity contribution in [3.05, 3.63) is 23.5 Å². The number of halogens is 1.